The lowest BCUT2D eigenvalue weighted by molar-refractivity contribution is -0.104. The zero-order valence-electron chi connectivity index (χ0n) is 22.0. The third-order valence-corrected chi connectivity index (χ3v) is 8.10. The van der Waals surface area contributed by atoms with Crippen molar-refractivity contribution in [3.05, 3.63) is 104 Å². The second-order valence-corrected chi connectivity index (χ2v) is 11.6. The number of hydrogen-bond donors (Lipinski definition) is 1. The molecule has 0 saturated carbocycles. The van der Waals surface area contributed by atoms with Crippen LogP contribution in [0, 0.1) is 6.92 Å². The summed E-state index contributed by atoms with van der Waals surface area (Å²) in [6.45, 7) is 3.15. The van der Waals surface area contributed by atoms with Crippen molar-refractivity contribution in [3.8, 4) is 0 Å². The van der Waals surface area contributed by atoms with Gasteiger partial charge in [0.25, 0.3) is 5.56 Å². The summed E-state index contributed by atoms with van der Waals surface area (Å²) in [7, 11) is 0. The monoisotopic (exact) mass is 562 g/mol. The van der Waals surface area contributed by atoms with Gasteiger partial charge in [-0.1, -0.05) is 60.7 Å². The van der Waals surface area contributed by atoms with E-state index < -0.39 is 23.6 Å². The Balaban J connectivity index is 1.97. The van der Waals surface area contributed by atoms with E-state index in [2.05, 4.69) is 4.98 Å². The standard InChI is InChI=1S/C27H35N2O7PS/c1-4-34-37(38,35-5-2)36-27(20-32-17-23-12-8-6-9-13-23,21-33-18-24-14-10-7-11-15-24)19-29-16-22(3)25(30)28-26(29)31/h6-16H,4-5,17-21H2,1-3H3,(H,28,30,31). The molecule has 9 nitrogen and oxygen atoms in total. The number of H-pyrrole nitrogens is 1. The minimum atomic E-state index is -3.25. The molecule has 0 aliphatic heterocycles. The Labute approximate surface area is 227 Å². The van der Waals surface area contributed by atoms with Crippen molar-refractivity contribution >= 4 is 18.5 Å². The van der Waals surface area contributed by atoms with E-state index in [0.29, 0.717) is 18.8 Å². The van der Waals surface area contributed by atoms with Crippen LogP contribution in [0.4, 0.5) is 0 Å². The number of ether oxygens (including phenoxy) is 2. The first-order chi connectivity index (χ1) is 18.3. The van der Waals surface area contributed by atoms with Gasteiger partial charge in [-0.2, -0.15) is 0 Å². The van der Waals surface area contributed by atoms with E-state index >= 15 is 0 Å². The summed E-state index contributed by atoms with van der Waals surface area (Å²) < 4.78 is 31.7. The van der Waals surface area contributed by atoms with Gasteiger partial charge in [0.2, 0.25) is 0 Å². The molecule has 1 N–H and O–H groups in total. The number of nitrogens with one attached hydrogen (secondary N) is 1. The second kappa shape index (κ2) is 14.6. The van der Waals surface area contributed by atoms with Crippen LogP contribution in [-0.2, 0) is 54.6 Å². The van der Waals surface area contributed by atoms with Crippen molar-refractivity contribution in [3.63, 3.8) is 0 Å². The van der Waals surface area contributed by atoms with E-state index in [1.54, 1.807) is 20.8 Å². The van der Waals surface area contributed by atoms with Crippen LogP contribution < -0.4 is 11.2 Å². The van der Waals surface area contributed by atoms with E-state index in [4.69, 9.17) is 34.9 Å². The largest absolute Gasteiger partial charge is 0.374 e. The zero-order chi connectivity index (χ0) is 27.4. The smallest absolute Gasteiger partial charge is 0.328 e. The molecule has 0 saturated heterocycles. The molecule has 0 fully saturated rings. The van der Waals surface area contributed by atoms with Gasteiger partial charge in [0.15, 0.2) is 0 Å². The lowest BCUT2D eigenvalue weighted by atomic mass is 10.1. The molecule has 1 aromatic heterocycles. The minimum Gasteiger partial charge on any atom is -0.374 e. The van der Waals surface area contributed by atoms with Crippen LogP contribution in [0.3, 0.4) is 0 Å². The first-order valence-electron chi connectivity index (χ1n) is 12.4. The fourth-order valence-corrected chi connectivity index (χ4v) is 6.32. The summed E-state index contributed by atoms with van der Waals surface area (Å²) in [4.78, 5) is 27.1. The molecule has 0 spiro atoms. The molecule has 0 amide bonds. The highest BCUT2D eigenvalue weighted by atomic mass is 32.5. The quantitative estimate of drug-likeness (QED) is 0.258. The van der Waals surface area contributed by atoms with Crippen LogP contribution in [0.2, 0.25) is 0 Å². The van der Waals surface area contributed by atoms with Gasteiger partial charge >= 0.3 is 12.4 Å². The molecule has 38 heavy (non-hydrogen) atoms. The van der Waals surface area contributed by atoms with E-state index in [1.807, 2.05) is 60.7 Å². The molecular formula is C27H35N2O7PS. The van der Waals surface area contributed by atoms with Crippen LogP contribution in [0.25, 0.3) is 0 Å². The number of hydrogen-bond acceptors (Lipinski definition) is 8. The predicted octanol–water partition coefficient (Wildman–Crippen LogP) is 4.33. The molecule has 2 aromatic carbocycles. The molecule has 0 bridgehead atoms. The van der Waals surface area contributed by atoms with Gasteiger partial charge in [0, 0.05) is 11.8 Å². The second-order valence-electron chi connectivity index (χ2n) is 8.71. The first kappa shape index (κ1) is 30.1. The van der Waals surface area contributed by atoms with Gasteiger partial charge in [-0.3, -0.25) is 18.9 Å². The van der Waals surface area contributed by atoms with E-state index in [9.17, 15) is 9.59 Å². The van der Waals surface area contributed by atoms with E-state index in [1.165, 1.54) is 10.8 Å². The summed E-state index contributed by atoms with van der Waals surface area (Å²) in [5.41, 5.74) is 0.00384. The zero-order valence-corrected chi connectivity index (χ0v) is 23.7. The van der Waals surface area contributed by atoms with Crippen molar-refractivity contribution in [1.82, 2.24) is 9.55 Å². The summed E-state index contributed by atoms with van der Waals surface area (Å²) in [6, 6.07) is 19.4. The van der Waals surface area contributed by atoms with Gasteiger partial charge < -0.3 is 18.5 Å². The van der Waals surface area contributed by atoms with Gasteiger partial charge in [-0.15, -0.1) is 0 Å². The number of aryl methyl sites for hydroxylation is 1. The number of nitrogens with zero attached hydrogens (tertiary/aromatic N) is 1. The van der Waals surface area contributed by atoms with Gasteiger partial charge in [0.1, 0.15) is 5.60 Å². The molecule has 1 heterocycles. The summed E-state index contributed by atoms with van der Waals surface area (Å²) in [5.74, 6) is 0. The first-order valence-corrected chi connectivity index (χ1v) is 15.0. The Hall–Kier alpha value is -2.43. The number of aromatic nitrogens is 2. The highest BCUT2D eigenvalue weighted by Crippen LogP contribution is 2.53. The Morgan fingerprint density at radius 2 is 1.37 bits per heavy atom. The predicted molar refractivity (Wildman–Crippen MR) is 150 cm³/mol. The molecule has 0 unspecified atom stereocenters. The van der Waals surface area contributed by atoms with E-state index in [0.717, 1.165) is 11.1 Å². The molecule has 3 aromatic rings. The molecule has 0 aliphatic carbocycles. The number of rotatable bonds is 16. The van der Waals surface area contributed by atoms with Gasteiger partial charge in [0.05, 0.1) is 46.2 Å². The normalized spacial score (nSPS) is 12.1. The van der Waals surface area contributed by atoms with Crippen LogP contribution in [0.1, 0.15) is 30.5 Å². The van der Waals surface area contributed by atoms with Crippen LogP contribution in [0.15, 0.2) is 76.4 Å². The minimum absolute atomic E-state index is 0.0137. The highest BCUT2D eigenvalue weighted by Gasteiger charge is 2.40. The van der Waals surface area contributed by atoms with Crippen molar-refractivity contribution in [2.24, 2.45) is 0 Å². The number of benzene rings is 2. The SMILES string of the molecule is CCOP(=S)(OCC)OC(COCc1ccccc1)(COCc1ccccc1)Cn1cc(C)c(=O)[nH]c1=O. The summed E-state index contributed by atoms with van der Waals surface area (Å²) in [6.07, 6.45) is 1.48. The molecule has 0 aliphatic rings. The third-order valence-electron chi connectivity index (χ3n) is 5.48. The average molecular weight is 563 g/mol. The van der Waals surface area contributed by atoms with Gasteiger partial charge in [-0.25, -0.2) is 4.79 Å². The molecular weight excluding hydrogens is 527 g/mol. The van der Waals surface area contributed by atoms with Crippen molar-refractivity contribution in [2.75, 3.05) is 26.4 Å². The number of aromatic amines is 1. The fraction of sp³-hybridized carbons (Fsp3) is 0.407. The highest BCUT2D eigenvalue weighted by molar-refractivity contribution is 8.07. The Kier molecular flexibility index (Phi) is 11.6. The topological polar surface area (TPSA) is 101 Å². The van der Waals surface area contributed by atoms with Crippen molar-refractivity contribution in [1.29, 1.82) is 0 Å². The fourth-order valence-electron chi connectivity index (χ4n) is 3.76. The summed E-state index contributed by atoms with van der Waals surface area (Å²) >= 11 is 5.72. The maximum atomic E-state index is 12.8. The molecule has 0 radical (unpaired) electrons. The average Bonchev–Trinajstić information content (AvgIpc) is 2.89. The third kappa shape index (κ3) is 9.10. The maximum absolute atomic E-state index is 12.8. The van der Waals surface area contributed by atoms with Crippen molar-refractivity contribution in [2.45, 2.75) is 46.1 Å². The lowest BCUT2D eigenvalue weighted by Gasteiger charge is -2.37. The maximum Gasteiger partial charge on any atom is 0.328 e. The van der Waals surface area contributed by atoms with Crippen LogP contribution >= 0.6 is 6.72 Å². The van der Waals surface area contributed by atoms with Crippen LogP contribution in [-0.4, -0.2) is 41.6 Å². The molecule has 206 valence electrons. The molecule has 3 rings (SSSR count). The van der Waals surface area contributed by atoms with Crippen molar-refractivity contribution < 1.29 is 23.0 Å². The summed E-state index contributed by atoms with van der Waals surface area (Å²) in [5, 5.41) is 0. The molecule has 0 atom stereocenters. The van der Waals surface area contributed by atoms with E-state index in [-0.39, 0.29) is 33.0 Å². The Morgan fingerprint density at radius 3 is 1.84 bits per heavy atom. The Morgan fingerprint density at radius 1 is 0.868 bits per heavy atom. The van der Waals surface area contributed by atoms with Crippen LogP contribution in [0.5, 0.6) is 0 Å². The Bertz CT molecular complexity index is 1240. The molecule has 11 heteroatoms. The lowest BCUT2D eigenvalue weighted by Crippen LogP contribution is -2.49. The van der Waals surface area contributed by atoms with Gasteiger partial charge in [-0.05, 0) is 43.7 Å².